The number of hydrogen-bond donors (Lipinski definition) is 1. The number of hydrogen-bond acceptors (Lipinski definition) is 3. The summed E-state index contributed by atoms with van der Waals surface area (Å²) in [5, 5.41) is 7.73. The summed E-state index contributed by atoms with van der Waals surface area (Å²) in [6, 6.07) is 0. The van der Waals surface area contributed by atoms with Crippen molar-refractivity contribution in [3.8, 4) is 0 Å². The van der Waals surface area contributed by atoms with E-state index in [4.69, 9.17) is 11.6 Å². The molecule has 1 N–H and O–H groups in total. The molecule has 0 radical (unpaired) electrons. The first-order chi connectivity index (χ1) is 9.93. The Morgan fingerprint density at radius 2 is 2.00 bits per heavy atom. The zero-order valence-corrected chi connectivity index (χ0v) is 13.0. The molecule has 2 aliphatic rings. The van der Waals surface area contributed by atoms with Crippen LogP contribution in [0, 0.1) is 6.92 Å². The molecule has 3 rings (SSSR count). The van der Waals surface area contributed by atoms with Gasteiger partial charge in [0.2, 0.25) is 11.8 Å². The molecule has 7 heteroatoms. The summed E-state index contributed by atoms with van der Waals surface area (Å²) in [4.78, 5) is 26.4. The fourth-order valence-electron chi connectivity index (χ4n) is 3.39. The molecule has 2 heterocycles. The first kappa shape index (κ1) is 14.4. The molecule has 1 aliphatic carbocycles. The van der Waals surface area contributed by atoms with Crippen LogP contribution in [0.5, 0.6) is 0 Å². The van der Waals surface area contributed by atoms with E-state index < -0.39 is 5.54 Å². The first-order valence-electron chi connectivity index (χ1n) is 7.21. The highest BCUT2D eigenvalue weighted by Gasteiger charge is 2.48. The predicted octanol–water partition coefficient (Wildman–Crippen LogP) is 1.15. The van der Waals surface area contributed by atoms with Crippen molar-refractivity contribution < 1.29 is 9.59 Å². The highest BCUT2D eigenvalue weighted by atomic mass is 35.5. The second-order valence-electron chi connectivity index (χ2n) is 5.97. The van der Waals surface area contributed by atoms with Crippen molar-refractivity contribution >= 4 is 23.4 Å². The molecule has 0 bridgehead atoms. The lowest BCUT2D eigenvalue weighted by Crippen LogP contribution is -2.65. The van der Waals surface area contributed by atoms with Gasteiger partial charge in [0, 0.05) is 7.05 Å². The van der Waals surface area contributed by atoms with Crippen molar-refractivity contribution in [2.24, 2.45) is 7.05 Å². The van der Waals surface area contributed by atoms with Crippen LogP contribution in [0.25, 0.3) is 0 Å². The van der Waals surface area contributed by atoms with E-state index in [1.807, 2.05) is 6.92 Å². The Balaban J connectivity index is 1.87. The molecule has 2 amide bonds. The molecule has 0 aromatic carbocycles. The molecule has 21 heavy (non-hydrogen) atoms. The van der Waals surface area contributed by atoms with E-state index in [2.05, 4.69) is 10.4 Å². The molecule has 0 unspecified atom stereocenters. The number of rotatable bonds is 2. The number of piperazine rings is 1. The summed E-state index contributed by atoms with van der Waals surface area (Å²) in [7, 11) is 1.80. The minimum Gasteiger partial charge on any atom is -0.340 e. The van der Waals surface area contributed by atoms with Gasteiger partial charge < -0.3 is 10.2 Å². The average Bonchev–Trinajstić information content (AvgIpc) is 2.97. The molecule has 1 spiro atoms. The highest BCUT2D eigenvalue weighted by molar-refractivity contribution is 6.31. The zero-order chi connectivity index (χ0) is 15.2. The maximum absolute atomic E-state index is 12.8. The number of aryl methyl sites for hydroxylation is 2. The lowest BCUT2D eigenvalue weighted by molar-refractivity contribution is -0.150. The summed E-state index contributed by atoms with van der Waals surface area (Å²) in [5.41, 5.74) is 0.819. The monoisotopic (exact) mass is 310 g/mol. The third-order valence-electron chi connectivity index (χ3n) is 4.47. The second kappa shape index (κ2) is 5.02. The van der Waals surface area contributed by atoms with Crippen LogP contribution in [0.3, 0.4) is 0 Å². The van der Waals surface area contributed by atoms with Crippen molar-refractivity contribution in [1.82, 2.24) is 20.0 Å². The van der Waals surface area contributed by atoms with Gasteiger partial charge in [-0.2, -0.15) is 5.10 Å². The maximum atomic E-state index is 12.8. The second-order valence-corrected chi connectivity index (χ2v) is 6.35. The van der Waals surface area contributed by atoms with E-state index in [9.17, 15) is 9.59 Å². The van der Waals surface area contributed by atoms with E-state index in [-0.39, 0.29) is 18.4 Å². The van der Waals surface area contributed by atoms with Gasteiger partial charge in [-0.25, -0.2) is 0 Å². The van der Waals surface area contributed by atoms with Gasteiger partial charge in [0.15, 0.2) is 0 Å². The lowest BCUT2D eigenvalue weighted by Gasteiger charge is -2.39. The van der Waals surface area contributed by atoms with Gasteiger partial charge in [0.05, 0.1) is 23.0 Å². The number of nitrogens with one attached hydrogen (secondary N) is 1. The third-order valence-corrected chi connectivity index (χ3v) is 4.96. The SMILES string of the molecule is Cc1nn(C)c(CN2CC(=O)NC3(CCCC3)C2=O)c1Cl. The van der Waals surface area contributed by atoms with E-state index in [0.29, 0.717) is 11.6 Å². The third kappa shape index (κ3) is 2.31. The van der Waals surface area contributed by atoms with Crippen LogP contribution in [0.1, 0.15) is 37.1 Å². The van der Waals surface area contributed by atoms with Crippen molar-refractivity contribution in [3.05, 3.63) is 16.4 Å². The van der Waals surface area contributed by atoms with Crippen molar-refractivity contribution in [2.45, 2.75) is 44.7 Å². The van der Waals surface area contributed by atoms with Crippen LogP contribution in [0.2, 0.25) is 5.02 Å². The van der Waals surface area contributed by atoms with Crippen LogP contribution in [0.4, 0.5) is 0 Å². The fraction of sp³-hybridized carbons (Fsp3) is 0.643. The fourth-order valence-corrected chi connectivity index (χ4v) is 3.61. The molecule has 1 aliphatic heterocycles. The Morgan fingerprint density at radius 3 is 2.57 bits per heavy atom. The first-order valence-corrected chi connectivity index (χ1v) is 7.59. The van der Waals surface area contributed by atoms with Gasteiger partial charge in [-0.05, 0) is 19.8 Å². The largest absolute Gasteiger partial charge is 0.340 e. The summed E-state index contributed by atoms with van der Waals surface area (Å²) >= 11 is 6.25. The molecule has 6 nitrogen and oxygen atoms in total. The van der Waals surface area contributed by atoms with E-state index in [1.165, 1.54) is 0 Å². The molecular weight excluding hydrogens is 292 g/mol. The molecule has 114 valence electrons. The minimum atomic E-state index is -0.685. The highest BCUT2D eigenvalue weighted by Crippen LogP contribution is 2.34. The standard InChI is InChI=1S/C14H19ClN4O2/c1-9-12(15)10(18(2)17-9)7-19-8-11(20)16-14(13(19)21)5-3-4-6-14/h3-8H2,1-2H3,(H,16,20). The Morgan fingerprint density at radius 1 is 1.33 bits per heavy atom. The summed E-state index contributed by atoms with van der Waals surface area (Å²) < 4.78 is 1.68. The quantitative estimate of drug-likeness (QED) is 0.891. The molecule has 1 aromatic heterocycles. The number of carbonyl (C=O) groups is 2. The zero-order valence-electron chi connectivity index (χ0n) is 12.3. The molecule has 1 saturated carbocycles. The number of amides is 2. The Kier molecular flexibility index (Phi) is 3.43. The predicted molar refractivity (Wildman–Crippen MR) is 77.7 cm³/mol. The van der Waals surface area contributed by atoms with E-state index in [1.54, 1.807) is 16.6 Å². The van der Waals surface area contributed by atoms with Gasteiger partial charge in [0.1, 0.15) is 12.1 Å². The van der Waals surface area contributed by atoms with Crippen molar-refractivity contribution in [2.75, 3.05) is 6.54 Å². The molecule has 1 saturated heterocycles. The van der Waals surface area contributed by atoms with Crippen LogP contribution in [-0.2, 0) is 23.2 Å². The molecule has 2 fully saturated rings. The van der Waals surface area contributed by atoms with E-state index in [0.717, 1.165) is 37.1 Å². The number of nitrogens with zero attached hydrogens (tertiary/aromatic N) is 3. The molecular formula is C14H19ClN4O2. The van der Waals surface area contributed by atoms with Gasteiger partial charge >= 0.3 is 0 Å². The smallest absolute Gasteiger partial charge is 0.249 e. The maximum Gasteiger partial charge on any atom is 0.249 e. The summed E-state index contributed by atoms with van der Waals surface area (Å²) in [6.45, 7) is 2.24. The van der Waals surface area contributed by atoms with E-state index >= 15 is 0 Å². The van der Waals surface area contributed by atoms with Gasteiger partial charge in [-0.15, -0.1) is 0 Å². The van der Waals surface area contributed by atoms with Crippen LogP contribution in [-0.4, -0.2) is 38.6 Å². The summed E-state index contributed by atoms with van der Waals surface area (Å²) in [6.07, 6.45) is 3.41. The van der Waals surface area contributed by atoms with Crippen LogP contribution in [0.15, 0.2) is 0 Å². The normalized spacial score (nSPS) is 21.2. The van der Waals surface area contributed by atoms with Crippen LogP contribution >= 0.6 is 11.6 Å². The van der Waals surface area contributed by atoms with Gasteiger partial charge in [0.25, 0.3) is 0 Å². The number of aromatic nitrogens is 2. The molecule has 1 aromatic rings. The number of halogens is 1. The minimum absolute atomic E-state index is 0.00881. The Hall–Kier alpha value is -1.56. The van der Waals surface area contributed by atoms with Gasteiger partial charge in [-0.3, -0.25) is 14.3 Å². The Labute approximate surface area is 128 Å². The van der Waals surface area contributed by atoms with Crippen molar-refractivity contribution in [1.29, 1.82) is 0 Å². The lowest BCUT2D eigenvalue weighted by atomic mass is 9.93. The summed E-state index contributed by atoms with van der Waals surface area (Å²) in [5.74, 6) is -0.0824. The topological polar surface area (TPSA) is 67.2 Å². The van der Waals surface area contributed by atoms with Crippen LogP contribution < -0.4 is 5.32 Å². The van der Waals surface area contributed by atoms with Gasteiger partial charge in [-0.1, -0.05) is 24.4 Å². The number of carbonyl (C=O) groups excluding carboxylic acids is 2. The molecule has 0 atom stereocenters. The Bertz CT molecular complexity index is 604. The average molecular weight is 311 g/mol. The van der Waals surface area contributed by atoms with Crippen molar-refractivity contribution in [3.63, 3.8) is 0 Å².